The van der Waals surface area contributed by atoms with E-state index < -0.39 is 0 Å². The molecule has 0 saturated carbocycles. The Morgan fingerprint density at radius 1 is 1.33 bits per heavy atom. The molecule has 0 fully saturated rings. The molecule has 90 valence electrons. The van der Waals surface area contributed by atoms with Gasteiger partial charge in [0.15, 0.2) is 0 Å². The molecule has 0 aliphatic carbocycles. The van der Waals surface area contributed by atoms with Crippen molar-refractivity contribution in [1.29, 1.82) is 0 Å². The molecule has 0 heterocycles. The van der Waals surface area contributed by atoms with Crippen molar-refractivity contribution in [1.82, 2.24) is 10.6 Å². The maximum Gasteiger partial charge on any atom is 0.149 e. The molecule has 0 unspecified atom stereocenters. The summed E-state index contributed by atoms with van der Waals surface area (Å²) >= 11 is 0. The SMILES string of the molecule is CN[C@@](C)(CCCCNC(C)C)C(C)=O. The Hall–Kier alpha value is -0.410. The van der Waals surface area contributed by atoms with Crippen molar-refractivity contribution in [3.63, 3.8) is 0 Å². The lowest BCUT2D eigenvalue weighted by atomic mass is 9.91. The zero-order valence-electron chi connectivity index (χ0n) is 10.8. The molecule has 0 aromatic heterocycles. The van der Waals surface area contributed by atoms with Crippen LogP contribution in [0, 0.1) is 0 Å². The fraction of sp³-hybridized carbons (Fsp3) is 0.917. The summed E-state index contributed by atoms with van der Waals surface area (Å²) in [6.45, 7) is 8.96. The number of unbranched alkanes of at least 4 members (excludes halogenated alkanes) is 1. The summed E-state index contributed by atoms with van der Waals surface area (Å²) in [4.78, 5) is 11.4. The van der Waals surface area contributed by atoms with Gasteiger partial charge < -0.3 is 10.6 Å². The van der Waals surface area contributed by atoms with E-state index in [1.165, 1.54) is 0 Å². The van der Waals surface area contributed by atoms with Crippen LogP contribution in [0.25, 0.3) is 0 Å². The van der Waals surface area contributed by atoms with Gasteiger partial charge in [0.2, 0.25) is 0 Å². The minimum atomic E-state index is -0.335. The average Bonchev–Trinajstić information content (AvgIpc) is 2.16. The third-order valence-corrected chi connectivity index (χ3v) is 2.98. The predicted molar refractivity (Wildman–Crippen MR) is 65.1 cm³/mol. The van der Waals surface area contributed by atoms with Crippen LogP contribution in [-0.2, 0) is 4.79 Å². The van der Waals surface area contributed by atoms with Crippen LogP contribution in [0.15, 0.2) is 0 Å². The number of carbonyl (C=O) groups is 1. The summed E-state index contributed by atoms with van der Waals surface area (Å²) in [6.07, 6.45) is 3.12. The molecule has 1 atom stereocenters. The summed E-state index contributed by atoms with van der Waals surface area (Å²) in [5.41, 5.74) is -0.335. The normalized spacial score (nSPS) is 15.3. The van der Waals surface area contributed by atoms with E-state index in [1.54, 1.807) is 6.92 Å². The summed E-state index contributed by atoms with van der Waals surface area (Å²) in [6, 6.07) is 0.550. The van der Waals surface area contributed by atoms with Crippen LogP contribution in [0.4, 0.5) is 0 Å². The van der Waals surface area contributed by atoms with Crippen molar-refractivity contribution in [3.8, 4) is 0 Å². The molecule has 2 N–H and O–H groups in total. The molecule has 3 nitrogen and oxygen atoms in total. The van der Waals surface area contributed by atoms with E-state index in [-0.39, 0.29) is 11.3 Å². The average molecular weight is 214 g/mol. The maximum absolute atomic E-state index is 11.4. The molecule has 0 aromatic rings. The van der Waals surface area contributed by atoms with Crippen LogP contribution in [-0.4, -0.2) is 31.0 Å². The van der Waals surface area contributed by atoms with Crippen molar-refractivity contribution in [2.45, 2.75) is 58.5 Å². The number of hydrogen-bond acceptors (Lipinski definition) is 3. The third-order valence-electron chi connectivity index (χ3n) is 2.98. The first kappa shape index (κ1) is 14.6. The molecule has 0 aromatic carbocycles. The largest absolute Gasteiger partial charge is 0.315 e. The minimum Gasteiger partial charge on any atom is -0.315 e. The van der Waals surface area contributed by atoms with Crippen LogP contribution < -0.4 is 10.6 Å². The molecule has 15 heavy (non-hydrogen) atoms. The van der Waals surface area contributed by atoms with Gasteiger partial charge in [-0.15, -0.1) is 0 Å². The van der Waals surface area contributed by atoms with Crippen LogP contribution >= 0.6 is 0 Å². The second-order valence-corrected chi connectivity index (χ2v) is 4.70. The van der Waals surface area contributed by atoms with E-state index in [0.29, 0.717) is 6.04 Å². The minimum absolute atomic E-state index is 0.224. The smallest absolute Gasteiger partial charge is 0.149 e. The van der Waals surface area contributed by atoms with Gasteiger partial charge in [0.25, 0.3) is 0 Å². The van der Waals surface area contributed by atoms with E-state index in [4.69, 9.17) is 0 Å². The number of rotatable bonds is 8. The summed E-state index contributed by atoms with van der Waals surface area (Å²) in [7, 11) is 1.85. The van der Waals surface area contributed by atoms with Crippen molar-refractivity contribution in [3.05, 3.63) is 0 Å². The van der Waals surface area contributed by atoms with Crippen molar-refractivity contribution < 1.29 is 4.79 Å². The Morgan fingerprint density at radius 3 is 2.33 bits per heavy atom. The van der Waals surface area contributed by atoms with Crippen LogP contribution in [0.5, 0.6) is 0 Å². The number of likely N-dealkylation sites (N-methyl/N-ethyl adjacent to an activating group) is 1. The standard InChI is InChI=1S/C12H26N2O/c1-10(2)14-9-7-6-8-12(4,13-5)11(3)15/h10,13-14H,6-9H2,1-5H3/t12-/m0/s1. The van der Waals surface area contributed by atoms with Gasteiger partial charge in [-0.05, 0) is 46.7 Å². The Kier molecular flexibility index (Phi) is 6.77. The van der Waals surface area contributed by atoms with E-state index in [9.17, 15) is 4.79 Å². The molecule has 0 radical (unpaired) electrons. The zero-order chi connectivity index (χ0) is 11.9. The lowest BCUT2D eigenvalue weighted by Gasteiger charge is -2.26. The second kappa shape index (κ2) is 6.96. The van der Waals surface area contributed by atoms with Crippen molar-refractivity contribution >= 4 is 5.78 Å². The lowest BCUT2D eigenvalue weighted by molar-refractivity contribution is -0.122. The van der Waals surface area contributed by atoms with Gasteiger partial charge >= 0.3 is 0 Å². The predicted octanol–water partition coefficient (Wildman–Crippen LogP) is 1.72. The Labute approximate surface area is 94.0 Å². The first-order chi connectivity index (χ1) is 6.92. The Balaban J connectivity index is 3.69. The molecule has 0 bridgehead atoms. The number of Topliss-reactive ketones (excluding diaryl/α,β-unsaturated/α-hetero) is 1. The number of carbonyl (C=O) groups excluding carboxylic acids is 1. The summed E-state index contributed by atoms with van der Waals surface area (Å²) < 4.78 is 0. The van der Waals surface area contributed by atoms with E-state index in [2.05, 4.69) is 24.5 Å². The molecule has 0 saturated heterocycles. The van der Waals surface area contributed by atoms with E-state index in [1.807, 2.05) is 14.0 Å². The van der Waals surface area contributed by atoms with Crippen molar-refractivity contribution in [2.75, 3.05) is 13.6 Å². The van der Waals surface area contributed by atoms with Crippen LogP contribution in [0.2, 0.25) is 0 Å². The third kappa shape index (κ3) is 5.90. The second-order valence-electron chi connectivity index (χ2n) is 4.70. The van der Waals surface area contributed by atoms with Gasteiger partial charge in [0.1, 0.15) is 5.78 Å². The quantitative estimate of drug-likeness (QED) is 0.605. The zero-order valence-corrected chi connectivity index (χ0v) is 10.8. The van der Waals surface area contributed by atoms with Gasteiger partial charge in [-0.25, -0.2) is 0 Å². The van der Waals surface area contributed by atoms with E-state index in [0.717, 1.165) is 25.8 Å². The number of nitrogens with one attached hydrogen (secondary N) is 2. The molecule has 0 aliphatic rings. The van der Waals surface area contributed by atoms with Gasteiger partial charge in [-0.2, -0.15) is 0 Å². The van der Waals surface area contributed by atoms with Gasteiger partial charge in [-0.1, -0.05) is 13.8 Å². The Bertz CT molecular complexity index is 192. The Morgan fingerprint density at radius 2 is 1.93 bits per heavy atom. The molecular weight excluding hydrogens is 188 g/mol. The highest BCUT2D eigenvalue weighted by molar-refractivity contribution is 5.85. The molecule has 0 amide bonds. The lowest BCUT2D eigenvalue weighted by Crippen LogP contribution is -2.46. The molecular formula is C12H26N2O. The molecule has 0 rings (SSSR count). The van der Waals surface area contributed by atoms with Crippen LogP contribution in [0.3, 0.4) is 0 Å². The van der Waals surface area contributed by atoms with Crippen molar-refractivity contribution in [2.24, 2.45) is 0 Å². The van der Waals surface area contributed by atoms with E-state index >= 15 is 0 Å². The highest BCUT2D eigenvalue weighted by Crippen LogP contribution is 2.14. The first-order valence-corrected chi connectivity index (χ1v) is 5.85. The first-order valence-electron chi connectivity index (χ1n) is 5.85. The highest BCUT2D eigenvalue weighted by atomic mass is 16.1. The van der Waals surface area contributed by atoms with Gasteiger partial charge in [0, 0.05) is 6.04 Å². The highest BCUT2D eigenvalue weighted by Gasteiger charge is 2.26. The van der Waals surface area contributed by atoms with Crippen LogP contribution in [0.1, 0.15) is 47.0 Å². The maximum atomic E-state index is 11.4. The fourth-order valence-corrected chi connectivity index (χ4v) is 1.47. The monoisotopic (exact) mass is 214 g/mol. The topological polar surface area (TPSA) is 41.1 Å². The van der Waals surface area contributed by atoms with Gasteiger partial charge in [-0.3, -0.25) is 4.79 Å². The summed E-state index contributed by atoms with van der Waals surface area (Å²) in [5, 5.41) is 6.48. The number of hydrogen-bond donors (Lipinski definition) is 2. The molecule has 0 spiro atoms. The van der Waals surface area contributed by atoms with Gasteiger partial charge in [0.05, 0.1) is 5.54 Å². The molecule has 3 heteroatoms. The molecule has 0 aliphatic heterocycles. The fourth-order valence-electron chi connectivity index (χ4n) is 1.47. The number of ketones is 1. The summed E-state index contributed by atoms with van der Waals surface area (Å²) in [5.74, 6) is 0.224.